The van der Waals surface area contributed by atoms with Crippen molar-refractivity contribution in [3.63, 3.8) is 0 Å². The first-order valence-electron chi connectivity index (χ1n) is 14.5. The maximum atomic E-state index is 11.8. The minimum absolute atomic E-state index is 0.150. The molecule has 0 atom stereocenters. The summed E-state index contributed by atoms with van der Waals surface area (Å²) in [4.78, 5) is 22.4. The van der Waals surface area contributed by atoms with Crippen molar-refractivity contribution in [2.75, 3.05) is 6.61 Å². The molecule has 200 valence electrons. The molecule has 0 unspecified atom stereocenters. The first kappa shape index (κ1) is 32.9. The molecule has 0 aliphatic rings. The van der Waals surface area contributed by atoms with Gasteiger partial charge in [0.25, 0.3) is 0 Å². The molecule has 1 N–H and O–H groups in total. The lowest BCUT2D eigenvalue weighted by atomic mass is 10.2. The lowest BCUT2D eigenvalue weighted by Crippen LogP contribution is -2.34. The smallest absolute Gasteiger partial charge is 0.333 e. The fourth-order valence-electron chi connectivity index (χ4n) is 5.01. The van der Waals surface area contributed by atoms with E-state index in [-0.39, 0.29) is 5.57 Å². The zero-order valence-electron chi connectivity index (χ0n) is 23.1. The fraction of sp³-hybridized carbons (Fsp3) is 0.862. The second-order valence-corrected chi connectivity index (χ2v) is 15.4. The van der Waals surface area contributed by atoms with Gasteiger partial charge in [0.15, 0.2) is 0 Å². The highest BCUT2D eigenvalue weighted by Crippen LogP contribution is 2.35. The zero-order valence-corrected chi connectivity index (χ0v) is 24.1. The fourth-order valence-corrected chi connectivity index (χ4v) is 10.5. The Balaban J connectivity index is 4.63. The van der Waals surface area contributed by atoms with Gasteiger partial charge in [0, 0.05) is 11.6 Å². The SMILES string of the molecule is CCCCCC[Si](CCCCCC)(CCCCCC)CCCCCCOC(=O)C(C)=CC(=O)O. The second-order valence-electron chi connectivity index (χ2n) is 10.4. The van der Waals surface area contributed by atoms with E-state index in [0.29, 0.717) is 6.61 Å². The summed E-state index contributed by atoms with van der Waals surface area (Å²) in [7, 11) is -1.21. The summed E-state index contributed by atoms with van der Waals surface area (Å²) < 4.78 is 5.22. The van der Waals surface area contributed by atoms with Gasteiger partial charge in [0.1, 0.15) is 0 Å². The first-order valence-corrected chi connectivity index (χ1v) is 17.3. The van der Waals surface area contributed by atoms with Crippen LogP contribution in [0.15, 0.2) is 11.6 Å². The van der Waals surface area contributed by atoms with Gasteiger partial charge in [-0.2, -0.15) is 0 Å². The quantitative estimate of drug-likeness (QED) is 0.0625. The maximum absolute atomic E-state index is 11.8. The van der Waals surface area contributed by atoms with E-state index in [0.717, 1.165) is 18.9 Å². The largest absolute Gasteiger partial charge is 0.478 e. The van der Waals surface area contributed by atoms with Gasteiger partial charge in [0.05, 0.1) is 14.7 Å². The highest BCUT2D eigenvalue weighted by atomic mass is 28.3. The monoisotopic (exact) mass is 496 g/mol. The molecule has 0 aliphatic heterocycles. The minimum Gasteiger partial charge on any atom is -0.478 e. The van der Waals surface area contributed by atoms with Crippen molar-refractivity contribution in [3.05, 3.63) is 11.6 Å². The van der Waals surface area contributed by atoms with Gasteiger partial charge in [0.2, 0.25) is 0 Å². The number of carbonyl (C=O) groups excluding carboxylic acids is 1. The third kappa shape index (κ3) is 18.3. The Kier molecular flexibility index (Phi) is 21.6. The lowest BCUT2D eigenvalue weighted by molar-refractivity contribution is -0.140. The maximum Gasteiger partial charge on any atom is 0.333 e. The van der Waals surface area contributed by atoms with Gasteiger partial charge in [-0.05, 0) is 13.3 Å². The first-order chi connectivity index (χ1) is 16.4. The molecule has 0 bridgehead atoms. The van der Waals surface area contributed by atoms with Gasteiger partial charge in [-0.25, -0.2) is 9.59 Å². The van der Waals surface area contributed by atoms with E-state index in [1.807, 2.05) is 0 Å². The Hall–Kier alpha value is -1.10. The highest BCUT2D eigenvalue weighted by Gasteiger charge is 2.30. The van der Waals surface area contributed by atoms with E-state index in [1.54, 1.807) is 0 Å². The molecule has 0 aromatic heterocycles. The third-order valence-corrected chi connectivity index (χ3v) is 12.8. The number of carboxylic acids is 1. The summed E-state index contributed by atoms with van der Waals surface area (Å²) in [5, 5.41) is 8.73. The molecule has 0 aliphatic carbocycles. The van der Waals surface area contributed by atoms with Crippen molar-refractivity contribution < 1.29 is 19.4 Å². The van der Waals surface area contributed by atoms with Gasteiger partial charge in [-0.1, -0.05) is 141 Å². The number of rotatable bonds is 24. The van der Waals surface area contributed by atoms with E-state index in [9.17, 15) is 9.59 Å². The summed E-state index contributed by atoms with van der Waals surface area (Å²) in [5.74, 6) is -1.62. The Morgan fingerprint density at radius 3 is 1.41 bits per heavy atom. The zero-order chi connectivity index (χ0) is 25.5. The molecule has 0 fully saturated rings. The van der Waals surface area contributed by atoms with E-state index < -0.39 is 20.0 Å². The predicted molar refractivity (Wildman–Crippen MR) is 148 cm³/mol. The normalized spacial score (nSPS) is 12.2. The van der Waals surface area contributed by atoms with Crippen LogP contribution >= 0.6 is 0 Å². The topological polar surface area (TPSA) is 63.6 Å². The third-order valence-electron chi connectivity index (χ3n) is 7.18. The minimum atomic E-state index is -1.21. The van der Waals surface area contributed by atoms with Crippen molar-refractivity contribution in [2.45, 2.75) is 155 Å². The van der Waals surface area contributed by atoms with Crippen LogP contribution in [-0.2, 0) is 14.3 Å². The van der Waals surface area contributed by atoms with Gasteiger partial charge in [-0.15, -0.1) is 0 Å². The van der Waals surface area contributed by atoms with E-state index in [2.05, 4.69) is 20.8 Å². The number of aliphatic carboxylic acids is 1. The van der Waals surface area contributed by atoms with E-state index in [1.165, 1.54) is 121 Å². The summed E-state index contributed by atoms with van der Waals surface area (Å²) >= 11 is 0. The Morgan fingerprint density at radius 2 is 1.03 bits per heavy atom. The van der Waals surface area contributed by atoms with Gasteiger partial charge >= 0.3 is 11.9 Å². The number of carbonyl (C=O) groups is 2. The molecule has 0 aromatic rings. The number of esters is 1. The van der Waals surface area contributed by atoms with Crippen LogP contribution in [0.2, 0.25) is 24.2 Å². The molecule has 0 saturated carbocycles. The van der Waals surface area contributed by atoms with Crippen LogP contribution in [0.25, 0.3) is 0 Å². The molecular formula is C29H56O4Si. The van der Waals surface area contributed by atoms with Crippen molar-refractivity contribution in [2.24, 2.45) is 0 Å². The molecular weight excluding hydrogens is 440 g/mol. The summed E-state index contributed by atoms with van der Waals surface area (Å²) in [6.07, 6.45) is 22.1. The van der Waals surface area contributed by atoms with E-state index >= 15 is 0 Å². The van der Waals surface area contributed by atoms with E-state index in [4.69, 9.17) is 9.84 Å². The van der Waals surface area contributed by atoms with Crippen molar-refractivity contribution >= 4 is 20.0 Å². The molecule has 0 rings (SSSR count). The molecule has 0 spiro atoms. The van der Waals surface area contributed by atoms with Crippen LogP contribution in [0.5, 0.6) is 0 Å². The molecule has 4 nitrogen and oxygen atoms in total. The molecule has 0 amide bonds. The average molecular weight is 497 g/mol. The summed E-state index contributed by atoms with van der Waals surface area (Å²) in [6, 6.07) is 6.10. The van der Waals surface area contributed by atoms with Crippen molar-refractivity contribution in [1.82, 2.24) is 0 Å². The van der Waals surface area contributed by atoms with Crippen molar-refractivity contribution in [1.29, 1.82) is 0 Å². The van der Waals surface area contributed by atoms with Gasteiger partial charge < -0.3 is 9.84 Å². The van der Waals surface area contributed by atoms with Crippen LogP contribution in [0.4, 0.5) is 0 Å². The van der Waals surface area contributed by atoms with Crippen LogP contribution in [0.3, 0.4) is 0 Å². The number of ether oxygens (including phenoxy) is 1. The molecule has 5 heteroatoms. The second kappa shape index (κ2) is 22.4. The number of carboxylic acid groups (broad SMARTS) is 1. The Morgan fingerprint density at radius 1 is 0.647 bits per heavy atom. The van der Waals surface area contributed by atoms with Crippen LogP contribution < -0.4 is 0 Å². The number of hydrogen-bond acceptors (Lipinski definition) is 3. The summed E-state index contributed by atoms with van der Waals surface area (Å²) in [5.41, 5.74) is 0.150. The van der Waals surface area contributed by atoms with Gasteiger partial charge in [-0.3, -0.25) is 0 Å². The predicted octanol–water partition coefficient (Wildman–Crippen LogP) is 9.31. The number of hydrogen-bond donors (Lipinski definition) is 1. The highest BCUT2D eigenvalue weighted by molar-refractivity contribution is 6.79. The van der Waals surface area contributed by atoms with Crippen LogP contribution in [0.1, 0.15) is 130 Å². The molecule has 34 heavy (non-hydrogen) atoms. The van der Waals surface area contributed by atoms with Crippen LogP contribution in [-0.4, -0.2) is 31.7 Å². The Labute approximate surface area is 212 Å². The standard InChI is InChI=1S/C29H56O4Si/c1-5-8-11-17-22-34(23-18-12-9-6-2,24-19-13-10-7-3)25-20-15-14-16-21-33-29(32)27(4)26-28(30)31/h26H,5-25H2,1-4H3,(H,30,31). The van der Waals surface area contributed by atoms with Crippen molar-refractivity contribution in [3.8, 4) is 0 Å². The summed E-state index contributed by atoms with van der Waals surface area (Å²) in [6.45, 7) is 8.79. The molecule has 0 aromatic carbocycles. The van der Waals surface area contributed by atoms with Crippen LogP contribution in [0, 0.1) is 0 Å². The molecule has 0 radical (unpaired) electrons. The lowest BCUT2D eigenvalue weighted by Gasteiger charge is -2.33. The molecule has 0 heterocycles. The Bertz CT molecular complexity index is 513. The average Bonchev–Trinajstić information content (AvgIpc) is 2.81. The molecule has 0 saturated heterocycles. The number of unbranched alkanes of at least 4 members (excludes halogenated alkanes) is 12.